The lowest BCUT2D eigenvalue weighted by atomic mass is 9.89. The number of hydrogen-bond donors (Lipinski definition) is 2. The Morgan fingerprint density at radius 1 is 1.28 bits per heavy atom. The molecule has 0 spiro atoms. The molecule has 1 amide bonds. The van der Waals surface area contributed by atoms with E-state index in [2.05, 4.69) is 24.3 Å². The minimum atomic E-state index is -0.773. The van der Waals surface area contributed by atoms with Crippen molar-refractivity contribution in [3.8, 4) is 0 Å². The average molecular weight is 300 g/mol. The highest BCUT2D eigenvalue weighted by molar-refractivity contribution is 5.86. The van der Waals surface area contributed by atoms with Gasteiger partial charge < -0.3 is 16.0 Å². The molecule has 1 fully saturated rings. The summed E-state index contributed by atoms with van der Waals surface area (Å²) >= 11 is 0. The number of hydrogen-bond acceptors (Lipinski definition) is 3. The second-order valence-corrected chi connectivity index (χ2v) is 5.68. The Labute approximate surface area is 123 Å². The van der Waals surface area contributed by atoms with Gasteiger partial charge in [0.05, 0.1) is 5.54 Å². The summed E-state index contributed by atoms with van der Waals surface area (Å²) in [6.45, 7) is 3.49. The molecule has 110 valence electrons. The minimum Gasteiger partial charge on any atom is -0.352 e. The van der Waals surface area contributed by atoms with Crippen molar-refractivity contribution < 1.29 is 4.79 Å². The molecule has 0 saturated heterocycles. The number of halogens is 2. The summed E-state index contributed by atoms with van der Waals surface area (Å²) in [6, 6.07) is 0.872. The predicted molar refractivity (Wildman–Crippen MR) is 80.6 cm³/mol. The van der Waals surface area contributed by atoms with E-state index in [9.17, 15) is 4.79 Å². The van der Waals surface area contributed by atoms with E-state index in [4.69, 9.17) is 5.73 Å². The van der Waals surface area contributed by atoms with Crippen LogP contribution in [-0.4, -0.2) is 42.5 Å². The quantitative estimate of drug-likeness (QED) is 0.831. The van der Waals surface area contributed by atoms with Crippen LogP contribution in [-0.2, 0) is 4.79 Å². The number of amides is 1. The second-order valence-electron chi connectivity index (χ2n) is 5.68. The minimum absolute atomic E-state index is 0. The van der Waals surface area contributed by atoms with Gasteiger partial charge in [0, 0.05) is 12.1 Å². The number of nitrogens with zero attached hydrogens (tertiary/aromatic N) is 1. The molecule has 0 aliphatic heterocycles. The van der Waals surface area contributed by atoms with Gasteiger partial charge in [-0.2, -0.15) is 0 Å². The maximum Gasteiger partial charge on any atom is 0.239 e. The number of nitrogens with one attached hydrogen (secondary N) is 1. The third-order valence-electron chi connectivity index (χ3n) is 3.30. The molecule has 6 heteroatoms. The fourth-order valence-corrected chi connectivity index (χ4v) is 2.14. The summed E-state index contributed by atoms with van der Waals surface area (Å²) in [5, 5.41) is 3.05. The van der Waals surface area contributed by atoms with E-state index in [0.29, 0.717) is 6.04 Å². The number of nitrogens with two attached hydrogens (primary N) is 1. The summed E-state index contributed by atoms with van der Waals surface area (Å²) in [7, 11) is 4.20. The van der Waals surface area contributed by atoms with E-state index in [1.54, 1.807) is 13.8 Å². The molecule has 0 radical (unpaired) electrons. The largest absolute Gasteiger partial charge is 0.352 e. The topological polar surface area (TPSA) is 58.4 Å². The van der Waals surface area contributed by atoms with Gasteiger partial charge >= 0.3 is 0 Å². The Bertz CT molecular complexity index is 254. The van der Waals surface area contributed by atoms with Crippen LogP contribution in [0.3, 0.4) is 0 Å². The monoisotopic (exact) mass is 299 g/mol. The Morgan fingerprint density at radius 3 is 2.28 bits per heavy atom. The molecule has 1 rings (SSSR count). The van der Waals surface area contributed by atoms with Gasteiger partial charge in [0.15, 0.2) is 0 Å². The molecular weight excluding hydrogens is 273 g/mol. The summed E-state index contributed by atoms with van der Waals surface area (Å²) in [5.41, 5.74) is 5.00. The number of carbonyl (C=O) groups excluding carboxylic acids is 1. The van der Waals surface area contributed by atoms with Gasteiger partial charge in [-0.25, -0.2) is 0 Å². The van der Waals surface area contributed by atoms with Crippen molar-refractivity contribution in [3.63, 3.8) is 0 Å². The fourth-order valence-electron chi connectivity index (χ4n) is 2.14. The maximum atomic E-state index is 11.8. The van der Waals surface area contributed by atoms with Crippen molar-refractivity contribution in [3.05, 3.63) is 0 Å². The average Bonchev–Trinajstić information content (AvgIpc) is 2.16. The third kappa shape index (κ3) is 6.23. The molecule has 1 saturated carbocycles. The lowest BCUT2D eigenvalue weighted by Gasteiger charge is -2.34. The predicted octanol–water partition coefficient (Wildman–Crippen LogP) is 1.56. The zero-order valence-electron chi connectivity index (χ0n) is 11.7. The SMILES string of the molecule is CN(C)C1CCCC(NC(=O)C(C)(C)N)C1.Cl.Cl. The van der Waals surface area contributed by atoms with Crippen molar-refractivity contribution >= 4 is 30.7 Å². The molecule has 1 aliphatic carbocycles. The standard InChI is InChI=1S/C12H25N3O.2ClH/c1-12(2,13)11(16)14-9-6-5-7-10(8-9)15(3)4;;/h9-10H,5-8,13H2,1-4H3,(H,14,16);2*1H. The zero-order valence-corrected chi connectivity index (χ0v) is 13.4. The van der Waals surface area contributed by atoms with E-state index in [1.807, 2.05) is 0 Å². The highest BCUT2D eigenvalue weighted by Crippen LogP contribution is 2.21. The van der Waals surface area contributed by atoms with Crippen LogP contribution >= 0.6 is 24.8 Å². The van der Waals surface area contributed by atoms with E-state index in [0.717, 1.165) is 12.8 Å². The summed E-state index contributed by atoms with van der Waals surface area (Å²) < 4.78 is 0. The second kappa shape index (κ2) is 8.20. The molecule has 1 aliphatic rings. The van der Waals surface area contributed by atoms with Crippen LogP contribution < -0.4 is 11.1 Å². The van der Waals surface area contributed by atoms with Crippen LogP contribution in [0.2, 0.25) is 0 Å². The lowest BCUT2D eigenvalue weighted by molar-refractivity contribution is -0.126. The van der Waals surface area contributed by atoms with Crippen molar-refractivity contribution in [1.82, 2.24) is 10.2 Å². The summed E-state index contributed by atoms with van der Waals surface area (Å²) in [4.78, 5) is 14.0. The van der Waals surface area contributed by atoms with Crippen LogP contribution in [0.1, 0.15) is 39.5 Å². The number of rotatable bonds is 3. The van der Waals surface area contributed by atoms with Crippen LogP contribution in [0.25, 0.3) is 0 Å². The molecule has 3 N–H and O–H groups in total. The lowest BCUT2D eigenvalue weighted by Crippen LogP contribution is -2.54. The van der Waals surface area contributed by atoms with Crippen LogP contribution in [0.5, 0.6) is 0 Å². The maximum absolute atomic E-state index is 11.8. The molecular formula is C12H27Cl2N3O. The molecule has 0 bridgehead atoms. The van der Waals surface area contributed by atoms with Crippen LogP contribution in [0.4, 0.5) is 0 Å². The van der Waals surface area contributed by atoms with Crippen molar-refractivity contribution in [1.29, 1.82) is 0 Å². The van der Waals surface area contributed by atoms with Crippen molar-refractivity contribution in [2.24, 2.45) is 5.73 Å². The molecule has 0 aromatic rings. The van der Waals surface area contributed by atoms with Gasteiger partial charge in [-0.3, -0.25) is 4.79 Å². The molecule has 0 heterocycles. The van der Waals surface area contributed by atoms with Gasteiger partial charge in [-0.1, -0.05) is 0 Å². The van der Waals surface area contributed by atoms with Gasteiger partial charge in [0.25, 0.3) is 0 Å². The molecule has 0 aromatic carbocycles. The Balaban J connectivity index is 0. The number of carbonyl (C=O) groups is 1. The molecule has 2 atom stereocenters. The first-order valence-corrected chi connectivity index (χ1v) is 6.07. The Kier molecular flexibility index (Phi) is 9.25. The van der Waals surface area contributed by atoms with Gasteiger partial charge in [0.1, 0.15) is 0 Å². The zero-order chi connectivity index (χ0) is 12.3. The van der Waals surface area contributed by atoms with Crippen molar-refractivity contribution in [2.45, 2.75) is 57.2 Å². The molecule has 18 heavy (non-hydrogen) atoms. The highest BCUT2D eigenvalue weighted by Gasteiger charge is 2.28. The Morgan fingerprint density at radius 2 is 1.83 bits per heavy atom. The van der Waals surface area contributed by atoms with Gasteiger partial charge in [-0.15, -0.1) is 24.8 Å². The van der Waals surface area contributed by atoms with Crippen molar-refractivity contribution in [2.75, 3.05) is 14.1 Å². The van der Waals surface area contributed by atoms with E-state index >= 15 is 0 Å². The fraction of sp³-hybridized carbons (Fsp3) is 0.917. The first-order valence-electron chi connectivity index (χ1n) is 6.07. The van der Waals surface area contributed by atoms with E-state index < -0.39 is 5.54 Å². The first-order chi connectivity index (χ1) is 7.30. The van der Waals surface area contributed by atoms with Crippen LogP contribution in [0, 0.1) is 0 Å². The normalized spacial score (nSPS) is 23.9. The van der Waals surface area contributed by atoms with Gasteiger partial charge in [-0.05, 0) is 53.6 Å². The highest BCUT2D eigenvalue weighted by atomic mass is 35.5. The first kappa shape index (κ1) is 20.3. The van der Waals surface area contributed by atoms with E-state index in [1.165, 1.54) is 12.8 Å². The molecule has 0 aromatic heterocycles. The molecule has 2 unspecified atom stereocenters. The van der Waals surface area contributed by atoms with Crippen LogP contribution in [0.15, 0.2) is 0 Å². The third-order valence-corrected chi connectivity index (χ3v) is 3.30. The summed E-state index contributed by atoms with van der Waals surface area (Å²) in [5.74, 6) is -0.0445. The van der Waals surface area contributed by atoms with Gasteiger partial charge in [0.2, 0.25) is 5.91 Å². The smallest absolute Gasteiger partial charge is 0.239 e. The Hall–Kier alpha value is -0.0300. The van der Waals surface area contributed by atoms with E-state index in [-0.39, 0.29) is 36.8 Å². The summed E-state index contributed by atoms with van der Waals surface area (Å²) in [6.07, 6.45) is 4.52. The molecule has 4 nitrogen and oxygen atoms in total.